The number of hydrogen-bond donors (Lipinski definition) is 2. The summed E-state index contributed by atoms with van der Waals surface area (Å²) in [5.41, 5.74) is 7.09. The standard InChI is InChI=1S/C14H16ClN3O2/c1-20-8-6-11(16)14(19)18-12-5-4-10(15)13-9(12)3-2-7-17-13/h2-5,7,11H,6,8,16H2,1H3,(H,18,19). The van der Waals surface area contributed by atoms with Crippen LogP contribution in [0.5, 0.6) is 0 Å². The average Bonchev–Trinajstić information content (AvgIpc) is 2.47. The van der Waals surface area contributed by atoms with Crippen LogP contribution in [0.2, 0.25) is 5.02 Å². The molecule has 0 spiro atoms. The van der Waals surface area contributed by atoms with E-state index in [-0.39, 0.29) is 5.91 Å². The number of anilines is 1. The van der Waals surface area contributed by atoms with Gasteiger partial charge in [-0.25, -0.2) is 0 Å². The summed E-state index contributed by atoms with van der Waals surface area (Å²) in [6, 6.07) is 6.47. The molecule has 0 saturated carbocycles. The van der Waals surface area contributed by atoms with Gasteiger partial charge in [-0.3, -0.25) is 9.78 Å². The zero-order chi connectivity index (χ0) is 14.5. The minimum absolute atomic E-state index is 0.255. The number of methoxy groups -OCH3 is 1. The number of rotatable bonds is 5. The van der Waals surface area contributed by atoms with Gasteiger partial charge in [0, 0.05) is 25.3 Å². The van der Waals surface area contributed by atoms with Crippen molar-refractivity contribution in [3.05, 3.63) is 35.5 Å². The molecule has 0 fully saturated rings. The molecule has 0 radical (unpaired) electrons. The Hall–Kier alpha value is -1.69. The van der Waals surface area contributed by atoms with Gasteiger partial charge in [-0.15, -0.1) is 0 Å². The molecule has 106 valence electrons. The Labute approximate surface area is 122 Å². The second-order valence-electron chi connectivity index (χ2n) is 4.37. The number of carbonyl (C=O) groups excluding carboxylic acids is 1. The molecule has 0 aliphatic carbocycles. The lowest BCUT2D eigenvalue weighted by Gasteiger charge is -2.13. The monoisotopic (exact) mass is 293 g/mol. The number of benzene rings is 1. The second-order valence-corrected chi connectivity index (χ2v) is 4.78. The van der Waals surface area contributed by atoms with Crippen molar-refractivity contribution < 1.29 is 9.53 Å². The van der Waals surface area contributed by atoms with Crippen molar-refractivity contribution in [1.29, 1.82) is 0 Å². The van der Waals surface area contributed by atoms with E-state index in [0.29, 0.717) is 29.3 Å². The summed E-state index contributed by atoms with van der Waals surface area (Å²) in [7, 11) is 1.57. The molecule has 1 aromatic carbocycles. The van der Waals surface area contributed by atoms with Gasteiger partial charge in [-0.05, 0) is 30.7 Å². The number of nitrogens with zero attached hydrogens (tertiary/aromatic N) is 1. The SMILES string of the molecule is COCCC(N)C(=O)Nc1ccc(Cl)c2ncccc12. The Kier molecular flexibility index (Phi) is 4.89. The highest BCUT2D eigenvalue weighted by molar-refractivity contribution is 6.35. The molecule has 1 aromatic heterocycles. The van der Waals surface area contributed by atoms with E-state index in [4.69, 9.17) is 22.1 Å². The number of pyridine rings is 1. The largest absolute Gasteiger partial charge is 0.385 e. The topological polar surface area (TPSA) is 77.2 Å². The van der Waals surface area contributed by atoms with Crippen molar-refractivity contribution in [3.63, 3.8) is 0 Å². The minimum atomic E-state index is -0.614. The van der Waals surface area contributed by atoms with Crippen LogP contribution in [0, 0.1) is 0 Å². The molecule has 0 bridgehead atoms. The van der Waals surface area contributed by atoms with Gasteiger partial charge in [0.15, 0.2) is 0 Å². The van der Waals surface area contributed by atoms with Crippen LogP contribution >= 0.6 is 11.6 Å². The number of nitrogens with one attached hydrogen (secondary N) is 1. The Bertz CT molecular complexity index is 618. The molecule has 20 heavy (non-hydrogen) atoms. The van der Waals surface area contributed by atoms with Crippen LogP contribution in [0.1, 0.15) is 6.42 Å². The number of hydrogen-bond acceptors (Lipinski definition) is 4. The Morgan fingerprint density at radius 1 is 1.50 bits per heavy atom. The van der Waals surface area contributed by atoms with E-state index >= 15 is 0 Å². The maximum absolute atomic E-state index is 12.0. The maximum Gasteiger partial charge on any atom is 0.241 e. The first-order valence-electron chi connectivity index (χ1n) is 6.22. The molecular weight excluding hydrogens is 278 g/mol. The van der Waals surface area contributed by atoms with E-state index in [1.165, 1.54) is 0 Å². The lowest BCUT2D eigenvalue weighted by molar-refractivity contribution is -0.117. The predicted molar refractivity (Wildman–Crippen MR) is 79.9 cm³/mol. The van der Waals surface area contributed by atoms with Gasteiger partial charge in [0.1, 0.15) is 0 Å². The Morgan fingerprint density at radius 2 is 2.30 bits per heavy atom. The quantitative estimate of drug-likeness (QED) is 0.886. The number of ether oxygens (including phenoxy) is 1. The Morgan fingerprint density at radius 3 is 3.05 bits per heavy atom. The highest BCUT2D eigenvalue weighted by atomic mass is 35.5. The molecule has 1 atom stereocenters. The highest BCUT2D eigenvalue weighted by Crippen LogP contribution is 2.28. The maximum atomic E-state index is 12.0. The Balaban J connectivity index is 2.22. The molecule has 1 amide bonds. The van der Waals surface area contributed by atoms with Crippen LogP contribution in [0.15, 0.2) is 30.5 Å². The van der Waals surface area contributed by atoms with E-state index in [1.807, 2.05) is 6.07 Å². The zero-order valence-electron chi connectivity index (χ0n) is 11.1. The molecule has 2 aromatic rings. The molecule has 1 heterocycles. The van der Waals surface area contributed by atoms with E-state index in [9.17, 15) is 4.79 Å². The minimum Gasteiger partial charge on any atom is -0.385 e. The number of fused-ring (bicyclic) bond motifs is 1. The number of halogens is 1. The van der Waals surface area contributed by atoms with Crippen molar-refractivity contribution in [3.8, 4) is 0 Å². The first-order chi connectivity index (χ1) is 9.63. The van der Waals surface area contributed by atoms with Gasteiger partial charge in [-0.2, -0.15) is 0 Å². The van der Waals surface area contributed by atoms with Crippen molar-refractivity contribution in [2.75, 3.05) is 19.0 Å². The molecule has 0 saturated heterocycles. The first-order valence-corrected chi connectivity index (χ1v) is 6.60. The fourth-order valence-electron chi connectivity index (χ4n) is 1.85. The molecule has 6 heteroatoms. The van der Waals surface area contributed by atoms with Crippen LogP contribution in [0.4, 0.5) is 5.69 Å². The van der Waals surface area contributed by atoms with Crippen molar-refractivity contribution in [1.82, 2.24) is 4.98 Å². The molecule has 0 aliphatic rings. The average molecular weight is 294 g/mol. The summed E-state index contributed by atoms with van der Waals surface area (Å²) in [4.78, 5) is 16.2. The van der Waals surface area contributed by atoms with Crippen molar-refractivity contribution >= 4 is 34.1 Å². The van der Waals surface area contributed by atoms with E-state index in [1.54, 1.807) is 31.5 Å². The smallest absolute Gasteiger partial charge is 0.241 e. The number of amides is 1. The molecular formula is C14H16ClN3O2. The fraction of sp³-hybridized carbons (Fsp3) is 0.286. The molecule has 0 aliphatic heterocycles. The summed E-state index contributed by atoms with van der Waals surface area (Å²) in [5.74, 6) is -0.255. The summed E-state index contributed by atoms with van der Waals surface area (Å²) < 4.78 is 4.91. The van der Waals surface area contributed by atoms with Crippen LogP contribution in [-0.4, -0.2) is 30.6 Å². The molecule has 1 unspecified atom stereocenters. The van der Waals surface area contributed by atoms with Gasteiger partial charge in [-0.1, -0.05) is 11.6 Å². The van der Waals surface area contributed by atoms with Crippen molar-refractivity contribution in [2.45, 2.75) is 12.5 Å². The van der Waals surface area contributed by atoms with Gasteiger partial charge >= 0.3 is 0 Å². The van der Waals surface area contributed by atoms with Gasteiger partial charge in [0.05, 0.1) is 22.3 Å². The third-order valence-electron chi connectivity index (χ3n) is 2.95. The zero-order valence-corrected chi connectivity index (χ0v) is 11.9. The number of nitrogens with two attached hydrogens (primary N) is 1. The fourth-order valence-corrected chi connectivity index (χ4v) is 2.06. The third-order valence-corrected chi connectivity index (χ3v) is 3.25. The van der Waals surface area contributed by atoms with Crippen molar-refractivity contribution in [2.24, 2.45) is 5.73 Å². The highest BCUT2D eigenvalue weighted by Gasteiger charge is 2.15. The summed E-state index contributed by atoms with van der Waals surface area (Å²) in [5, 5.41) is 4.13. The van der Waals surface area contributed by atoms with Gasteiger partial charge < -0.3 is 15.8 Å². The normalized spacial score (nSPS) is 12.3. The molecule has 3 N–H and O–H groups in total. The van der Waals surface area contributed by atoms with Gasteiger partial charge in [0.2, 0.25) is 5.91 Å². The number of carbonyl (C=O) groups is 1. The number of aromatic nitrogens is 1. The van der Waals surface area contributed by atoms with Crippen LogP contribution in [-0.2, 0) is 9.53 Å². The first kappa shape index (κ1) is 14.7. The molecule has 5 nitrogen and oxygen atoms in total. The lowest BCUT2D eigenvalue weighted by atomic mass is 10.1. The summed E-state index contributed by atoms with van der Waals surface area (Å²) in [6.07, 6.45) is 2.12. The molecule has 2 rings (SSSR count). The lowest BCUT2D eigenvalue weighted by Crippen LogP contribution is -2.36. The van der Waals surface area contributed by atoms with Gasteiger partial charge in [0.25, 0.3) is 0 Å². The van der Waals surface area contributed by atoms with E-state index < -0.39 is 6.04 Å². The third kappa shape index (κ3) is 3.25. The summed E-state index contributed by atoms with van der Waals surface area (Å²) in [6.45, 7) is 0.442. The second kappa shape index (κ2) is 6.65. The van der Waals surface area contributed by atoms with Crippen LogP contribution in [0.25, 0.3) is 10.9 Å². The van der Waals surface area contributed by atoms with Crippen LogP contribution in [0.3, 0.4) is 0 Å². The van der Waals surface area contributed by atoms with E-state index in [0.717, 1.165) is 5.39 Å². The van der Waals surface area contributed by atoms with E-state index in [2.05, 4.69) is 10.3 Å². The summed E-state index contributed by atoms with van der Waals surface area (Å²) >= 11 is 6.08. The van der Waals surface area contributed by atoms with Crippen LogP contribution < -0.4 is 11.1 Å². The predicted octanol–water partition coefficient (Wildman–Crippen LogP) is 2.19.